The molecule has 1 aliphatic carbocycles. The number of hydrogen-bond donors (Lipinski definition) is 2. The molecule has 0 spiro atoms. The molecule has 1 saturated carbocycles. The molecule has 0 radical (unpaired) electrons. The van der Waals surface area contributed by atoms with Crippen molar-refractivity contribution in [3.63, 3.8) is 0 Å². The maximum atomic E-state index is 12.5. The number of hydrogen-bond acceptors (Lipinski definition) is 4. The second-order valence-corrected chi connectivity index (χ2v) is 6.91. The first-order valence-electron chi connectivity index (χ1n) is 6.14. The second-order valence-electron chi connectivity index (χ2n) is 4.61. The fourth-order valence-electron chi connectivity index (χ4n) is 2.08. The molecular formula is C12H17ClN2O3S. The van der Waals surface area contributed by atoms with Gasteiger partial charge in [0.05, 0.1) is 22.2 Å². The highest BCUT2D eigenvalue weighted by molar-refractivity contribution is 7.89. The van der Waals surface area contributed by atoms with E-state index in [1.165, 1.54) is 22.5 Å². The van der Waals surface area contributed by atoms with Gasteiger partial charge >= 0.3 is 0 Å². The summed E-state index contributed by atoms with van der Waals surface area (Å²) in [4.78, 5) is 0.118. The van der Waals surface area contributed by atoms with Gasteiger partial charge < -0.3 is 10.8 Å². The fraction of sp³-hybridized carbons (Fsp3) is 0.500. The second kappa shape index (κ2) is 5.66. The predicted octanol–water partition coefficient (Wildman–Crippen LogP) is 1.46. The molecule has 3 N–H and O–H groups in total. The summed E-state index contributed by atoms with van der Waals surface area (Å²) >= 11 is 5.87. The number of aliphatic hydroxyl groups excluding tert-OH is 1. The minimum atomic E-state index is -3.63. The van der Waals surface area contributed by atoms with Crippen LogP contribution in [0.15, 0.2) is 23.1 Å². The van der Waals surface area contributed by atoms with Crippen LogP contribution in [0.1, 0.15) is 19.3 Å². The van der Waals surface area contributed by atoms with Gasteiger partial charge in [0.1, 0.15) is 0 Å². The van der Waals surface area contributed by atoms with Gasteiger partial charge in [0.2, 0.25) is 10.0 Å². The van der Waals surface area contributed by atoms with Crippen LogP contribution in [0.3, 0.4) is 0 Å². The summed E-state index contributed by atoms with van der Waals surface area (Å²) in [5, 5.41) is 9.28. The lowest BCUT2D eigenvalue weighted by Crippen LogP contribution is -2.45. The molecule has 1 fully saturated rings. The largest absolute Gasteiger partial charge is 0.398 e. The molecule has 0 unspecified atom stereocenters. The van der Waals surface area contributed by atoms with Gasteiger partial charge in [-0.05, 0) is 31.0 Å². The normalized spacial score (nSPS) is 16.6. The highest BCUT2D eigenvalue weighted by Crippen LogP contribution is 2.31. The highest BCUT2D eigenvalue weighted by atomic mass is 35.5. The first-order valence-corrected chi connectivity index (χ1v) is 7.96. The molecule has 0 atom stereocenters. The van der Waals surface area contributed by atoms with Crippen LogP contribution < -0.4 is 5.73 Å². The van der Waals surface area contributed by atoms with Gasteiger partial charge in [-0.3, -0.25) is 0 Å². The highest BCUT2D eigenvalue weighted by Gasteiger charge is 2.34. The first-order chi connectivity index (χ1) is 8.96. The Morgan fingerprint density at radius 3 is 2.58 bits per heavy atom. The summed E-state index contributed by atoms with van der Waals surface area (Å²) < 4.78 is 26.4. The Hall–Kier alpha value is -0.820. The van der Waals surface area contributed by atoms with Gasteiger partial charge in [0.25, 0.3) is 0 Å². The van der Waals surface area contributed by atoms with Crippen LogP contribution in [-0.2, 0) is 10.0 Å². The number of nitrogens with zero attached hydrogens (tertiary/aromatic N) is 1. The molecule has 0 bridgehead atoms. The standard InChI is InChI=1S/C12H17ClN2O3S/c13-11-8-10(4-5-12(11)14)19(17,18)15(6-7-16)9-2-1-3-9/h4-5,8-9,16H,1-3,6-7,14H2. The quantitative estimate of drug-likeness (QED) is 0.807. The Kier molecular flexibility index (Phi) is 4.35. The lowest BCUT2D eigenvalue weighted by molar-refractivity contribution is 0.178. The first kappa shape index (κ1) is 14.6. The van der Waals surface area contributed by atoms with E-state index < -0.39 is 10.0 Å². The Morgan fingerprint density at radius 1 is 1.42 bits per heavy atom. The van der Waals surface area contributed by atoms with Crippen molar-refractivity contribution < 1.29 is 13.5 Å². The number of rotatable bonds is 5. The van der Waals surface area contributed by atoms with Crippen molar-refractivity contribution in [2.45, 2.75) is 30.2 Å². The molecule has 0 aromatic heterocycles. The summed E-state index contributed by atoms with van der Waals surface area (Å²) in [5.74, 6) is 0. The van der Waals surface area contributed by atoms with Gasteiger partial charge in [-0.1, -0.05) is 18.0 Å². The SMILES string of the molecule is Nc1ccc(S(=O)(=O)N(CCO)C2CCC2)cc1Cl. The molecule has 1 aromatic carbocycles. The Labute approximate surface area is 118 Å². The Morgan fingerprint density at radius 2 is 2.11 bits per heavy atom. The van der Waals surface area contributed by atoms with Crippen molar-refractivity contribution in [2.75, 3.05) is 18.9 Å². The van der Waals surface area contributed by atoms with E-state index in [0.717, 1.165) is 19.3 Å². The van der Waals surface area contributed by atoms with E-state index in [1.807, 2.05) is 0 Å². The molecule has 1 aromatic rings. The number of sulfonamides is 1. The third-order valence-electron chi connectivity index (χ3n) is 3.38. The molecular weight excluding hydrogens is 288 g/mol. The van der Waals surface area contributed by atoms with Crippen LogP contribution in [0.4, 0.5) is 5.69 Å². The van der Waals surface area contributed by atoms with Gasteiger partial charge in [0, 0.05) is 12.6 Å². The number of nitrogen functional groups attached to an aromatic ring is 1. The van der Waals surface area contributed by atoms with Crippen LogP contribution in [0.5, 0.6) is 0 Å². The average Bonchev–Trinajstić information content (AvgIpc) is 2.29. The lowest BCUT2D eigenvalue weighted by Gasteiger charge is -2.36. The molecule has 0 aliphatic heterocycles. The number of benzene rings is 1. The Balaban J connectivity index is 2.35. The van der Waals surface area contributed by atoms with Gasteiger partial charge in [0.15, 0.2) is 0 Å². The summed E-state index contributed by atoms with van der Waals surface area (Å²) in [6, 6.07) is 4.26. The summed E-state index contributed by atoms with van der Waals surface area (Å²) in [7, 11) is -3.63. The molecule has 0 saturated heterocycles. The minimum absolute atomic E-state index is 0.0199. The molecule has 5 nitrogen and oxygen atoms in total. The number of halogens is 1. The molecule has 106 valence electrons. The van der Waals surface area contributed by atoms with Crippen molar-refractivity contribution in [3.05, 3.63) is 23.2 Å². The van der Waals surface area contributed by atoms with E-state index in [4.69, 9.17) is 22.4 Å². The zero-order valence-electron chi connectivity index (χ0n) is 10.4. The topological polar surface area (TPSA) is 83.6 Å². The Bertz CT molecular complexity index is 558. The molecule has 2 rings (SSSR count). The van der Waals surface area contributed by atoms with E-state index in [-0.39, 0.29) is 29.1 Å². The maximum Gasteiger partial charge on any atom is 0.243 e. The molecule has 19 heavy (non-hydrogen) atoms. The van der Waals surface area contributed by atoms with Crippen molar-refractivity contribution in [2.24, 2.45) is 0 Å². The van der Waals surface area contributed by atoms with E-state index in [9.17, 15) is 8.42 Å². The zero-order valence-corrected chi connectivity index (χ0v) is 12.0. The van der Waals surface area contributed by atoms with Crippen molar-refractivity contribution in [3.8, 4) is 0 Å². The van der Waals surface area contributed by atoms with E-state index in [2.05, 4.69) is 0 Å². The number of nitrogens with two attached hydrogens (primary N) is 1. The third kappa shape index (κ3) is 2.86. The predicted molar refractivity (Wildman–Crippen MR) is 74.5 cm³/mol. The van der Waals surface area contributed by atoms with Crippen molar-refractivity contribution in [1.82, 2.24) is 4.31 Å². The van der Waals surface area contributed by atoms with Crippen LogP contribution in [-0.4, -0.2) is 37.0 Å². The van der Waals surface area contributed by atoms with Crippen LogP contribution in [0.2, 0.25) is 5.02 Å². The van der Waals surface area contributed by atoms with E-state index in [0.29, 0.717) is 5.69 Å². The summed E-state index contributed by atoms with van der Waals surface area (Å²) in [6.45, 7) is -0.0899. The minimum Gasteiger partial charge on any atom is -0.398 e. The summed E-state index contributed by atoms with van der Waals surface area (Å²) in [6.07, 6.45) is 2.69. The number of aliphatic hydroxyl groups is 1. The lowest BCUT2D eigenvalue weighted by atomic mass is 9.93. The molecule has 1 aliphatic rings. The fourth-order valence-corrected chi connectivity index (χ4v) is 4.02. The van der Waals surface area contributed by atoms with Crippen molar-refractivity contribution in [1.29, 1.82) is 0 Å². The van der Waals surface area contributed by atoms with Crippen LogP contribution >= 0.6 is 11.6 Å². The van der Waals surface area contributed by atoms with Crippen molar-refractivity contribution >= 4 is 27.3 Å². The molecule has 0 heterocycles. The van der Waals surface area contributed by atoms with Crippen LogP contribution in [0, 0.1) is 0 Å². The van der Waals surface area contributed by atoms with E-state index in [1.54, 1.807) is 0 Å². The van der Waals surface area contributed by atoms with E-state index >= 15 is 0 Å². The molecule has 7 heteroatoms. The molecule has 0 amide bonds. The zero-order chi connectivity index (χ0) is 14.0. The number of anilines is 1. The summed E-state index contributed by atoms with van der Waals surface area (Å²) in [5.41, 5.74) is 5.93. The smallest absolute Gasteiger partial charge is 0.243 e. The average molecular weight is 305 g/mol. The van der Waals surface area contributed by atoms with Crippen LogP contribution in [0.25, 0.3) is 0 Å². The van der Waals surface area contributed by atoms with Gasteiger partial charge in [-0.15, -0.1) is 0 Å². The third-order valence-corrected chi connectivity index (χ3v) is 5.66. The monoisotopic (exact) mass is 304 g/mol. The maximum absolute atomic E-state index is 12.5. The van der Waals surface area contributed by atoms with Gasteiger partial charge in [-0.25, -0.2) is 8.42 Å². The van der Waals surface area contributed by atoms with Gasteiger partial charge in [-0.2, -0.15) is 4.31 Å².